The number of unbranched alkanes of at least 4 members (excludes halogenated alkanes) is 1. The summed E-state index contributed by atoms with van der Waals surface area (Å²) in [6.45, 7) is 3.05. The number of hydrogen-bond acceptors (Lipinski definition) is 2. The van der Waals surface area contributed by atoms with Crippen molar-refractivity contribution in [1.29, 1.82) is 0 Å². The molecule has 0 aliphatic rings. The number of hydrogen-bond donors (Lipinski definition) is 1. The van der Waals surface area contributed by atoms with Gasteiger partial charge in [0.2, 0.25) is 0 Å². The Kier molecular flexibility index (Phi) is 6.52. The van der Waals surface area contributed by atoms with E-state index in [4.69, 9.17) is 11.5 Å². The number of aliphatic carboxylic acids is 1. The third kappa shape index (κ3) is 5.48. The summed E-state index contributed by atoms with van der Waals surface area (Å²) in [6, 6.07) is 8.22. The summed E-state index contributed by atoms with van der Waals surface area (Å²) in [5.74, 6) is 1.77. The quantitative estimate of drug-likeness (QED) is 0.730. The van der Waals surface area contributed by atoms with E-state index < -0.39 is 5.97 Å². The molecule has 0 radical (unpaired) electrons. The lowest BCUT2D eigenvalue weighted by Gasteiger charge is -2.21. The zero-order chi connectivity index (χ0) is 14.1. The topological polar surface area (TPSA) is 40.5 Å². The highest BCUT2D eigenvalue weighted by molar-refractivity contribution is 5.67. The van der Waals surface area contributed by atoms with Gasteiger partial charge in [-0.25, -0.2) is 0 Å². The fraction of sp³-hybridized carbons (Fsp3) is 0.438. The lowest BCUT2D eigenvalue weighted by atomic mass is 10.1. The Bertz CT molecular complexity index is 431. The Morgan fingerprint density at radius 1 is 1.37 bits per heavy atom. The van der Waals surface area contributed by atoms with E-state index in [2.05, 4.69) is 25.0 Å². The Labute approximate surface area is 115 Å². The van der Waals surface area contributed by atoms with Crippen molar-refractivity contribution in [2.45, 2.75) is 32.6 Å². The first-order chi connectivity index (χ1) is 9.17. The Balaban J connectivity index is 2.68. The van der Waals surface area contributed by atoms with Crippen molar-refractivity contribution < 1.29 is 9.90 Å². The standard InChI is InChI=1S/C16H21NO2/c1-3-5-6-14-7-9-15(10-8-14)17(12-4-2)13-11-16(18)19/h2,7-10H,3,5-6,11-13H2,1H3,(H,18,19). The molecule has 0 heterocycles. The number of carboxylic acid groups (broad SMARTS) is 1. The Morgan fingerprint density at radius 3 is 2.58 bits per heavy atom. The molecule has 3 heteroatoms. The van der Waals surface area contributed by atoms with E-state index in [1.54, 1.807) is 0 Å². The summed E-state index contributed by atoms with van der Waals surface area (Å²) < 4.78 is 0. The molecule has 0 bridgehead atoms. The SMILES string of the molecule is C#CCN(CCC(=O)O)c1ccc(CCCC)cc1. The predicted molar refractivity (Wildman–Crippen MR) is 78.4 cm³/mol. The lowest BCUT2D eigenvalue weighted by Crippen LogP contribution is -2.26. The minimum atomic E-state index is -0.804. The van der Waals surface area contributed by atoms with Gasteiger partial charge in [-0.15, -0.1) is 6.42 Å². The molecule has 1 aromatic carbocycles. The first-order valence-corrected chi connectivity index (χ1v) is 6.66. The molecule has 0 atom stereocenters. The molecule has 0 aromatic heterocycles. The molecule has 1 rings (SSSR count). The van der Waals surface area contributed by atoms with E-state index >= 15 is 0 Å². The second kappa shape index (κ2) is 8.20. The van der Waals surface area contributed by atoms with Crippen LogP contribution in [0.5, 0.6) is 0 Å². The summed E-state index contributed by atoms with van der Waals surface area (Å²) >= 11 is 0. The number of anilines is 1. The van der Waals surface area contributed by atoms with Crippen molar-refractivity contribution in [3.63, 3.8) is 0 Å². The van der Waals surface area contributed by atoms with Crippen molar-refractivity contribution in [2.24, 2.45) is 0 Å². The van der Waals surface area contributed by atoms with E-state index in [9.17, 15) is 4.79 Å². The molecule has 102 valence electrons. The molecule has 3 nitrogen and oxygen atoms in total. The Morgan fingerprint density at radius 2 is 2.05 bits per heavy atom. The van der Waals surface area contributed by atoms with Gasteiger partial charge in [0.1, 0.15) is 0 Å². The fourth-order valence-electron chi connectivity index (χ4n) is 1.89. The summed E-state index contributed by atoms with van der Waals surface area (Å²) in [7, 11) is 0. The molecule has 0 spiro atoms. The van der Waals surface area contributed by atoms with Gasteiger partial charge >= 0.3 is 5.97 Å². The molecule has 0 aliphatic carbocycles. The first kappa shape index (κ1) is 15.1. The Hall–Kier alpha value is -1.95. The highest BCUT2D eigenvalue weighted by Crippen LogP contribution is 2.16. The monoisotopic (exact) mass is 259 g/mol. The average Bonchev–Trinajstić information content (AvgIpc) is 2.41. The van der Waals surface area contributed by atoms with E-state index in [1.807, 2.05) is 17.0 Å². The van der Waals surface area contributed by atoms with Gasteiger partial charge in [0.15, 0.2) is 0 Å². The van der Waals surface area contributed by atoms with E-state index in [0.717, 1.165) is 12.1 Å². The van der Waals surface area contributed by atoms with E-state index in [0.29, 0.717) is 13.1 Å². The van der Waals surface area contributed by atoms with Crippen LogP contribution < -0.4 is 4.90 Å². The molecule has 0 saturated carbocycles. The molecule has 19 heavy (non-hydrogen) atoms. The van der Waals surface area contributed by atoms with Crippen LogP contribution >= 0.6 is 0 Å². The summed E-state index contributed by atoms with van der Waals surface area (Å²) in [5, 5.41) is 8.74. The third-order valence-corrected chi connectivity index (χ3v) is 3.00. The van der Waals surface area contributed by atoms with Gasteiger partial charge in [-0.05, 0) is 30.5 Å². The molecule has 0 fully saturated rings. The fourth-order valence-corrected chi connectivity index (χ4v) is 1.89. The van der Waals surface area contributed by atoms with Crippen molar-refractivity contribution in [3.05, 3.63) is 29.8 Å². The number of benzene rings is 1. The predicted octanol–water partition coefficient (Wildman–Crippen LogP) is 2.94. The number of carbonyl (C=O) groups is 1. The summed E-state index contributed by atoms with van der Waals surface area (Å²) in [5.41, 5.74) is 2.30. The van der Waals surface area contributed by atoms with Crippen LogP contribution in [0.25, 0.3) is 0 Å². The molecule has 1 aromatic rings. The van der Waals surface area contributed by atoms with Gasteiger partial charge in [0, 0.05) is 12.2 Å². The maximum absolute atomic E-state index is 10.6. The van der Waals surface area contributed by atoms with Gasteiger partial charge < -0.3 is 10.0 Å². The van der Waals surface area contributed by atoms with E-state index in [-0.39, 0.29) is 6.42 Å². The first-order valence-electron chi connectivity index (χ1n) is 6.66. The van der Waals surface area contributed by atoms with Crippen LogP contribution in [-0.2, 0) is 11.2 Å². The van der Waals surface area contributed by atoms with Crippen LogP contribution in [0.1, 0.15) is 31.7 Å². The van der Waals surface area contributed by atoms with E-state index in [1.165, 1.54) is 18.4 Å². The highest BCUT2D eigenvalue weighted by atomic mass is 16.4. The minimum Gasteiger partial charge on any atom is -0.481 e. The maximum Gasteiger partial charge on any atom is 0.305 e. The number of rotatable bonds is 8. The second-order valence-corrected chi connectivity index (χ2v) is 4.54. The lowest BCUT2D eigenvalue weighted by molar-refractivity contribution is -0.136. The third-order valence-electron chi connectivity index (χ3n) is 3.00. The maximum atomic E-state index is 10.6. The van der Waals surface area contributed by atoms with Gasteiger partial charge in [0.05, 0.1) is 13.0 Å². The normalized spacial score (nSPS) is 9.89. The zero-order valence-electron chi connectivity index (χ0n) is 11.4. The molecule has 0 aliphatic heterocycles. The van der Waals surface area contributed by atoms with Crippen LogP contribution in [0.4, 0.5) is 5.69 Å². The van der Waals surface area contributed by atoms with Crippen LogP contribution in [0, 0.1) is 12.3 Å². The van der Waals surface area contributed by atoms with Crippen LogP contribution in [0.2, 0.25) is 0 Å². The number of carboxylic acids is 1. The van der Waals surface area contributed by atoms with Gasteiger partial charge in [-0.2, -0.15) is 0 Å². The van der Waals surface area contributed by atoms with Crippen LogP contribution in [0.15, 0.2) is 24.3 Å². The smallest absolute Gasteiger partial charge is 0.305 e. The molecule has 0 amide bonds. The van der Waals surface area contributed by atoms with Gasteiger partial charge in [-0.3, -0.25) is 4.79 Å². The van der Waals surface area contributed by atoms with Crippen molar-refractivity contribution in [3.8, 4) is 12.3 Å². The second-order valence-electron chi connectivity index (χ2n) is 4.54. The molecule has 1 N–H and O–H groups in total. The van der Waals surface area contributed by atoms with Gasteiger partial charge in [0.25, 0.3) is 0 Å². The number of terminal acetylenes is 1. The summed E-state index contributed by atoms with van der Waals surface area (Å²) in [6.07, 6.45) is 8.88. The van der Waals surface area contributed by atoms with Crippen molar-refractivity contribution in [1.82, 2.24) is 0 Å². The van der Waals surface area contributed by atoms with Crippen molar-refractivity contribution >= 4 is 11.7 Å². The molecular weight excluding hydrogens is 238 g/mol. The molecular formula is C16H21NO2. The van der Waals surface area contributed by atoms with Crippen LogP contribution in [0.3, 0.4) is 0 Å². The minimum absolute atomic E-state index is 0.0965. The van der Waals surface area contributed by atoms with Gasteiger partial charge in [-0.1, -0.05) is 31.4 Å². The zero-order valence-corrected chi connectivity index (χ0v) is 11.4. The molecule has 0 saturated heterocycles. The number of aryl methyl sites for hydroxylation is 1. The average molecular weight is 259 g/mol. The van der Waals surface area contributed by atoms with Crippen LogP contribution in [-0.4, -0.2) is 24.2 Å². The largest absolute Gasteiger partial charge is 0.481 e. The highest BCUT2D eigenvalue weighted by Gasteiger charge is 2.07. The summed E-state index contributed by atoms with van der Waals surface area (Å²) in [4.78, 5) is 12.5. The molecule has 0 unspecified atom stereocenters. The van der Waals surface area contributed by atoms with Crippen molar-refractivity contribution in [2.75, 3.05) is 18.0 Å². The number of nitrogens with zero attached hydrogens (tertiary/aromatic N) is 1.